The van der Waals surface area contributed by atoms with Crippen LogP contribution in [0.3, 0.4) is 0 Å². The Hall–Kier alpha value is -0.0900. The van der Waals surface area contributed by atoms with Crippen LogP contribution in [0.4, 0.5) is 0 Å². The first-order valence-electron chi connectivity index (χ1n) is 7.04. The molecule has 0 aromatic rings. The molecule has 0 aromatic carbocycles. The van der Waals surface area contributed by atoms with Crippen molar-refractivity contribution >= 4 is 39.8 Å². The summed E-state index contributed by atoms with van der Waals surface area (Å²) in [7, 11) is -1.43. The van der Waals surface area contributed by atoms with Crippen LogP contribution in [0.1, 0.15) is 33.6 Å². The van der Waals surface area contributed by atoms with Crippen LogP contribution in [0.2, 0.25) is 0 Å². The van der Waals surface area contributed by atoms with Crippen LogP contribution < -0.4 is 10.6 Å². The first-order chi connectivity index (χ1) is 9.26. The lowest BCUT2D eigenvalue weighted by Gasteiger charge is -2.20. The van der Waals surface area contributed by atoms with Gasteiger partial charge < -0.3 is 15.4 Å². The molecule has 1 aliphatic heterocycles. The third-order valence-electron chi connectivity index (χ3n) is 3.34. The first kappa shape index (κ1) is 20.9. The molecule has 0 amide bonds. The predicted octanol–water partition coefficient (Wildman–Crippen LogP) is 1.16. The van der Waals surface area contributed by atoms with Crippen LogP contribution in [-0.2, 0) is 14.6 Å². The molecule has 1 unspecified atom stereocenters. The minimum atomic E-state index is -3.10. The van der Waals surface area contributed by atoms with Gasteiger partial charge in [-0.3, -0.25) is 4.99 Å². The van der Waals surface area contributed by atoms with Gasteiger partial charge in [0.05, 0.1) is 16.6 Å². The average Bonchev–Trinajstić information content (AvgIpc) is 2.85. The molecule has 1 rings (SSSR count). The molecule has 1 atom stereocenters. The number of hydrogen-bond acceptors (Lipinski definition) is 4. The van der Waals surface area contributed by atoms with Crippen LogP contribution >= 0.6 is 24.0 Å². The highest BCUT2D eigenvalue weighted by Gasteiger charge is 2.28. The summed E-state index contributed by atoms with van der Waals surface area (Å²) in [6.45, 7) is 7.02. The zero-order chi connectivity index (χ0) is 15.2. The topological polar surface area (TPSA) is 79.8 Å². The Labute approximate surface area is 145 Å². The van der Waals surface area contributed by atoms with Crippen molar-refractivity contribution in [3.8, 4) is 0 Å². The highest BCUT2D eigenvalue weighted by atomic mass is 127. The Bertz CT molecular complexity index is 426. The van der Waals surface area contributed by atoms with E-state index in [2.05, 4.69) is 15.6 Å². The summed E-state index contributed by atoms with van der Waals surface area (Å²) in [5.41, 5.74) is 0. The molecule has 0 aromatic heterocycles. The maximum Gasteiger partial charge on any atom is 0.191 e. The summed E-state index contributed by atoms with van der Waals surface area (Å²) in [6.07, 6.45) is 2.39. The van der Waals surface area contributed by atoms with Crippen LogP contribution in [0.15, 0.2) is 4.99 Å². The molecule has 0 radical (unpaired) electrons. The summed E-state index contributed by atoms with van der Waals surface area (Å²) >= 11 is 0. The number of nitrogens with zero attached hydrogens (tertiary/aromatic N) is 1. The fourth-order valence-electron chi connectivity index (χ4n) is 1.85. The summed E-state index contributed by atoms with van der Waals surface area (Å²) in [4.78, 5) is 4.07. The van der Waals surface area contributed by atoms with Crippen molar-refractivity contribution in [3.63, 3.8) is 0 Å². The number of hydrogen-bond donors (Lipinski definition) is 2. The van der Waals surface area contributed by atoms with Crippen LogP contribution in [0.5, 0.6) is 0 Å². The molecule has 1 heterocycles. The van der Waals surface area contributed by atoms with E-state index in [0.29, 0.717) is 19.0 Å². The largest absolute Gasteiger partial charge is 0.376 e. The van der Waals surface area contributed by atoms with Crippen LogP contribution in [-0.4, -0.2) is 57.7 Å². The average molecular weight is 433 g/mol. The molecular weight excluding hydrogens is 405 g/mol. The summed E-state index contributed by atoms with van der Waals surface area (Å²) in [6, 6.07) is 0. The molecule has 1 aliphatic rings. The monoisotopic (exact) mass is 433 g/mol. The van der Waals surface area contributed by atoms with E-state index in [-0.39, 0.29) is 35.8 Å². The van der Waals surface area contributed by atoms with Gasteiger partial charge in [0.1, 0.15) is 0 Å². The Balaban J connectivity index is 0.00000400. The maximum atomic E-state index is 12.0. The molecule has 1 saturated heterocycles. The van der Waals surface area contributed by atoms with Crippen molar-refractivity contribution in [3.05, 3.63) is 0 Å². The van der Waals surface area contributed by atoms with E-state index in [9.17, 15) is 8.42 Å². The number of rotatable bonds is 5. The van der Waals surface area contributed by atoms with Crippen molar-refractivity contribution in [1.82, 2.24) is 10.6 Å². The van der Waals surface area contributed by atoms with Crippen LogP contribution in [0, 0.1) is 0 Å². The second kappa shape index (κ2) is 9.14. The smallest absolute Gasteiger partial charge is 0.191 e. The molecule has 1 fully saturated rings. The van der Waals surface area contributed by atoms with Gasteiger partial charge in [-0.2, -0.15) is 0 Å². The molecule has 6 nitrogen and oxygen atoms in total. The van der Waals surface area contributed by atoms with Crippen molar-refractivity contribution in [1.29, 1.82) is 0 Å². The molecule has 0 spiro atoms. The lowest BCUT2D eigenvalue weighted by molar-refractivity contribution is 0.114. The van der Waals surface area contributed by atoms with Crippen molar-refractivity contribution in [2.24, 2.45) is 4.99 Å². The fourth-order valence-corrected chi connectivity index (χ4v) is 2.83. The number of ether oxygens (including phenoxy) is 1. The highest BCUT2D eigenvalue weighted by molar-refractivity contribution is 14.0. The van der Waals surface area contributed by atoms with Gasteiger partial charge in [-0.05, 0) is 33.6 Å². The molecule has 21 heavy (non-hydrogen) atoms. The van der Waals surface area contributed by atoms with Gasteiger partial charge >= 0.3 is 0 Å². The van der Waals surface area contributed by atoms with Gasteiger partial charge in [0, 0.05) is 26.7 Å². The highest BCUT2D eigenvalue weighted by Crippen LogP contribution is 2.15. The van der Waals surface area contributed by atoms with Gasteiger partial charge in [-0.1, -0.05) is 0 Å². The van der Waals surface area contributed by atoms with Crippen molar-refractivity contribution in [2.45, 2.75) is 44.5 Å². The fraction of sp³-hybridized carbons (Fsp3) is 0.923. The lowest BCUT2D eigenvalue weighted by Crippen LogP contribution is -2.43. The van der Waals surface area contributed by atoms with Gasteiger partial charge in [0.2, 0.25) is 0 Å². The maximum absolute atomic E-state index is 12.0. The Morgan fingerprint density at radius 2 is 2.00 bits per heavy atom. The summed E-state index contributed by atoms with van der Waals surface area (Å²) < 4.78 is 28.7. The second-order valence-corrected chi connectivity index (χ2v) is 8.81. The standard InChI is InChI=1S/C13H27N3O3S.HI/c1-13(2,3)20(17,18)9-7-15-12(14-4)16-10-11-6-5-8-19-11;/h11H,5-10H2,1-4H3,(H2,14,15,16);1H. The van der Waals surface area contributed by atoms with Gasteiger partial charge in [-0.25, -0.2) is 8.42 Å². The number of halogens is 1. The van der Waals surface area contributed by atoms with E-state index in [4.69, 9.17) is 4.74 Å². The van der Waals surface area contributed by atoms with Gasteiger partial charge in [0.15, 0.2) is 15.8 Å². The number of nitrogens with one attached hydrogen (secondary N) is 2. The normalized spacial score (nSPS) is 20.0. The van der Waals surface area contributed by atoms with E-state index in [1.807, 2.05) is 0 Å². The predicted molar refractivity (Wildman–Crippen MR) is 97.3 cm³/mol. The van der Waals surface area contributed by atoms with Crippen LogP contribution in [0.25, 0.3) is 0 Å². The Morgan fingerprint density at radius 1 is 1.33 bits per heavy atom. The van der Waals surface area contributed by atoms with Crippen molar-refractivity contribution < 1.29 is 13.2 Å². The van der Waals surface area contributed by atoms with Gasteiger partial charge in [0.25, 0.3) is 0 Å². The molecular formula is C13H28IN3O3S. The third kappa shape index (κ3) is 7.14. The number of sulfone groups is 1. The molecule has 8 heteroatoms. The van der Waals surface area contributed by atoms with Gasteiger partial charge in [-0.15, -0.1) is 24.0 Å². The quantitative estimate of drug-likeness (QED) is 0.387. The summed E-state index contributed by atoms with van der Waals surface area (Å²) in [5, 5.41) is 6.18. The first-order valence-corrected chi connectivity index (χ1v) is 8.70. The van der Waals surface area contributed by atoms with E-state index in [1.165, 1.54) is 0 Å². The molecule has 0 saturated carbocycles. The van der Waals surface area contributed by atoms with E-state index < -0.39 is 14.6 Å². The number of guanidine groups is 1. The molecule has 0 aliphatic carbocycles. The minimum absolute atomic E-state index is 0. The van der Waals surface area contributed by atoms with E-state index >= 15 is 0 Å². The molecule has 0 bridgehead atoms. The minimum Gasteiger partial charge on any atom is -0.376 e. The van der Waals surface area contributed by atoms with E-state index in [1.54, 1.807) is 27.8 Å². The second-order valence-electron chi connectivity index (χ2n) is 5.95. The zero-order valence-electron chi connectivity index (χ0n) is 13.3. The zero-order valence-corrected chi connectivity index (χ0v) is 16.5. The SMILES string of the molecule is CN=C(NCCS(=O)(=O)C(C)(C)C)NCC1CCCO1.I. The Morgan fingerprint density at radius 3 is 2.48 bits per heavy atom. The molecule has 126 valence electrons. The third-order valence-corrected chi connectivity index (χ3v) is 5.95. The van der Waals surface area contributed by atoms with Crippen molar-refractivity contribution in [2.75, 3.05) is 32.5 Å². The molecule has 2 N–H and O–H groups in total. The summed E-state index contributed by atoms with van der Waals surface area (Å²) in [5.74, 6) is 0.710. The van der Waals surface area contributed by atoms with E-state index in [0.717, 1.165) is 19.4 Å². The number of aliphatic imine (C=N–C) groups is 1. The Kier molecular flexibility index (Phi) is 9.10. The lowest BCUT2D eigenvalue weighted by atomic mass is 10.2.